The minimum atomic E-state index is -0.145. The lowest BCUT2D eigenvalue weighted by molar-refractivity contribution is -0.130. The van der Waals surface area contributed by atoms with Crippen molar-refractivity contribution in [2.75, 3.05) is 5.75 Å². The van der Waals surface area contributed by atoms with Crippen molar-refractivity contribution in [2.45, 2.75) is 24.2 Å². The highest BCUT2D eigenvalue weighted by atomic mass is 35.5. The lowest BCUT2D eigenvalue weighted by atomic mass is 10.1. The number of carbonyl (C=O) groups excluding carboxylic acids is 1. The number of nitrogens with one attached hydrogen (secondary N) is 1. The van der Waals surface area contributed by atoms with Gasteiger partial charge in [0.25, 0.3) is 5.91 Å². The predicted molar refractivity (Wildman–Crippen MR) is 127 cm³/mol. The van der Waals surface area contributed by atoms with Gasteiger partial charge in [0.2, 0.25) is 5.16 Å². The summed E-state index contributed by atoms with van der Waals surface area (Å²) in [5.41, 5.74) is 0.760. The molecule has 4 aromatic rings. The molecule has 11 heteroatoms. The third-order valence-corrected chi connectivity index (χ3v) is 6.93. The highest BCUT2D eigenvalue weighted by Gasteiger charge is 2.34. The lowest BCUT2D eigenvalue weighted by Gasteiger charge is -2.20. The number of rotatable bonds is 8. The summed E-state index contributed by atoms with van der Waals surface area (Å²) in [6, 6.07) is 14.6. The SMILES string of the molecule is O=C(CSc1n[nH]c(COc2ccc(Cl)cc2)n1)N1N=C(c2ccco2)CC1c1cccs1. The fourth-order valence-electron chi connectivity index (χ4n) is 3.32. The van der Waals surface area contributed by atoms with Crippen molar-refractivity contribution < 1.29 is 13.9 Å². The van der Waals surface area contributed by atoms with Gasteiger partial charge in [-0.25, -0.2) is 9.99 Å². The van der Waals surface area contributed by atoms with Crippen LogP contribution in [0.4, 0.5) is 0 Å². The van der Waals surface area contributed by atoms with Gasteiger partial charge >= 0.3 is 0 Å². The van der Waals surface area contributed by atoms with Crippen molar-refractivity contribution in [3.8, 4) is 5.75 Å². The van der Waals surface area contributed by atoms with E-state index < -0.39 is 0 Å². The number of carbonyl (C=O) groups is 1. The van der Waals surface area contributed by atoms with Gasteiger partial charge in [0.1, 0.15) is 23.8 Å². The number of aromatic amines is 1. The number of furan rings is 1. The topological polar surface area (TPSA) is 96.6 Å². The van der Waals surface area contributed by atoms with Crippen LogP contribution in [-0.4, -0.2) is 37.6 Å². The van der Waals surface area contributed by atoms with Gasteiger partial charge in [0, 0.05) is 16.3 Å². The number of nitrogens with zero attached hydrogens (tertiary/aromatic N) is 4. The van der Waals surface area contributed by atoms with Gasteiger partial charge in [-0.2, -0.15) is 5.10 Å². The molecule has 168 valence electrons. The average Bonchev–Trinajstić information content (AvgIpc) is 3.63. The molecular weight excluding hydrogens is 482 g/mol. The molecule has 1 atom stereocenters. The third-order valence-electron chi connectivity index (χ3n) is 4.87. The Kier molecular flexibility index (Phi) is 6.47. The molecular formula is C22H18ClN5O3S2. The first-order valence-electron chi connectivity index (χ1n) is 10.0. The minimum absolute atomic E-state index is 0.122. The Morgan fingerprint density at radius 1 is 1.27 bits per heavy atom. The molecule has 0 saturated carbocycles. The Bertz CT molecular complexity index is 1240. The Labute approximate surface area is 202 Å². The summed E-state index contributed by atoms with van der Waals surface area (Å²) < 4.78 is 11.2. The lowest BCUT2D eigenvalue weighted by Crippen LogP contribution is -2.28. The zero-order chi connectivity index (χ0) is 22.6. The van der Waals surface area contributed by atoms with Crippen molar-refractivity contribution in [1.29, 1.82) is 0 Å². The second-order valence-corrected chi connectivity index (χ2v) is 9.45. The number of amides is 1. The highest BCUT2D eigenvalue weighted by Crippen LogP contribution is 2.35. The molecule has 3 aromatic heterocycles. The molecule has 0 bridgehead atoms. The molecule has 33 heavy (non-hydrogen) atoms. The molecule has 0 spiro atoms. The van der Waals surface area contributed by atoms with Crippen molar-refractivity contribution in [1.82, 2.24) is 20.2 Å². The molecule has 4 heterocycles. The van der Waals surface area contributed by atoms with Crippen LogP contribution in [0.2, 0.25) is 5.02 Å². The van der Waals surface area contributed by atoms with Gasteiger partial charge in [0.05, 0.1) is 18.1 Å². The van der Waals surface area contributed by atoms with E-state index in [0.717, 1.165) is 10.6 Å². The summed E-state index contributed by atoms with van der Waals surface area (Å²) in [6.07, 6.45) is 2.22. The number of thioether (sulfide) groups is 1. The minimum Gasteiger partial charge on any atom is -0.486 e. The predicted octanol–water partition coefficient (Wildman–Crippen LogP) is 5.16. The molecule has 5 rings (SSSR count). The number of aromatic nitrogens is 3. The number of hydrogen-bond acceptors (Lipinski definition) is 8. The Morgan fingerprint density at radius 2 is 2.15 bits per heavy atom. The molecule has 1 unspecified atom stereocenters. The van der Waals surface area contributed by atoms with Crippen molar-refractivity contribution in [2.24, 2.45) is 5.10 Å². The van der Waals surface area contributed by atoms with E-state index in [2.05, 4.69) is 20.3 Å². The fourth-order valence-corrected chi connectivity index (χ4v) is 4.92. The van der Waals surface area contributed by atoms with Gasteiger partial charge < -0.3 is 9.15 Å². The van der Waals surface area contributed by atoms with Crippen LogP contribution in [0, 0.1) is 0 Å². The zero-order valence-corrected chi connectivity index (χ0v) is 19.6. The molecule has 0 fully saturated rings. The zero-order valence-electron chi connectivity index (χ0n) is 17.2. The number of hydrazone groups is 1. The van der Waals surface area contributed by atoms with Crippen LogP contribution in [-0.2, 0) is 11.4 Å². The molecule has 0 aliphatic carbocycles. The second kappa shape index (κ2) is 9.82. The highest BCUT2D eigenvalue weighted by molar-refractivity contribution is 7.99. The van der Waals surface area contributed by atoms with Crippen LogP contribution in [0.1, 0.15) is 28.9 Å². The Morgan fingerprint density at radius 3 is 2.91 bits per heavy atom. The van der Waals surface area contributed by atoms with E-state index in [1.165, 1.54) is 11.8 Å². The maximum atomic E-state index is 13.1. The Hall–Kier alpha value is -3.08. The van der Waals surface area contributed by atoms with E-state index in [1.54, 1.807) is 46.9 Å². The van der Waals surface area contributed by atoms with E-state index in [0.29, 0.717) is 33.9 Å². The van der Waals surface area contributed by atoms with Gasteiger partial charge in [0.15, 0.2) is 5.82 Å². The summed E-state index contributed by atoms with van der Waals surface area (Å²) in [6.45, 7) is 0.229. The molecule has 1 aliphatic heterocycles. The first-order valence-corrected chi connectivity index (χ1v) is 12.3. The van der Waals surface area contributed by atoms with Gasteiger partial charge in [-0.05, 0) is 47.8 Å². The number of ether oxygens (including phenoxy) is 1. The molecule has 0 saturated heterocycles. The third kappa shape index (κ3) is 5.13. The monoisotopic (exact) mass is 499 g/mol. The molecule has 1 aliphatic rings. The first kappa shape index (κ1) is 21.7. The summed E-state index contributed by atoms with van der Waals surface area (Å²) in [4.78, 5) is 18.5. The van der Waals surface area contributed by atoms with Gasteiger partial charge in [-0.15, -0.1) is 16.4 Å². The maximum absolute atomic E-state index is 13.1. The van der Waals surface area contributed by atoms with Crippen molar-refractivity contribution in [3.63, 3.8) is 0 Å². The fraction of sp³-hybridized carbons (Fsp3) is 0.182. The quantitative estimate of drug-likeness (QED) is 0.336. The number of benzene rings is 1. The average molecular weight is 500 g/mol. The first-order chi connectivity index (χ1) is 16.2. The van der Waals surface area contributed by atoms with Crippen LogP contribution < -0.4 is 4.74 Å². The number of thiophene rings is 1. The summed E-state index contributed by atoms with van der Waals surface area (Å²) in [5, 5.41) is 16.3. The van der Waals surface area contributed by atoms with Crippen LogP contribution in [0.15, 0.2) is 74.8 Å². The van der Waals surface area contributed by atoms with E-state index >= 15 is 0 Å². The maximum Gasteiger partial charge on any atom is 0.253 e. The normalized spacial score (nSPS) is 15.6. The van der Waals surface area contributed by atoms with E-state index in [-0.39, 0.29) is 24.3 Å². The molecule has 1 N–H and O–H groups in total. The summed E-state index contributed by atoms with van der Waals surface area (Å²) >= 11 is 8.74. The van der Waals surface area contributed by atoms with Crippen molar-refractivity contribution >= 4 is 46.3 Å². The standard InChI is InChI=1S/C22H18ClN5O3S2/c23-14-5-7-15(8-6-14)31-12-20-24-22(26-25-20)33-13-21(29)28-17(19-4-2-10-32-19)11-16(27-28)18-3-1-9-30-18/h1-10,17H,11-13H2,(H,24,25,26). The number of hydrogen-bond donors (Lipinski definition) is 1. The Balaban J connectivity index is 1.21. The molecule has 1 aromatic carbocycles. The summed E-state index contributed by atoms with van der Waals surface area (Å²) in [7, 11) is 0. The van der Waals surface area contributed by atoms with E-state index in [9.17, 15) is 4.79 Å². The molecule has 0 radical (unpaired) electrons. The molecule has 8 nitrogen and oxygen atoms in total. The number of H-pyrrole nitrogens is 1. The number of halogens is 1. The van der Waals surface area contributed by atoms with Crippen LogP contribution in [0.5, 0.6) is 5.75 Å². The van der Waals surface area contributed by atoms with Crippen LogP contribution in [0.25, 0.3) is 0 Å². The van der Waals surface area contributed by atoms with E-state index in [4.69, 9.17) is 20.8 Å². The molecule has 1 amide bonds. The van der Waals surface area contributed by atoms with Gasteiger partial charge in [-0.3, -0.25) is 9.89 Å². The summed E-state index contributed by atoms with van der Waals surface area (Å²) in [5.74, 6) is 1.96. The smallest absolute Gasteiger partial charge is 0.253 e. The second-order valence-electron chi connectivity index (χ2n) is 7.09. The van der Waals surface area contributed by atoms with E-state index in [1.807, 2.05) is 29.6 Å². The van der Waals surface area contributed by atoms with Crippen LogP contribution in [0.3, 0.4) is 0 Å². The van der Waals surface area contributed by atoms with Crippen molar-refractivity contribution in [3.05, 3.63) is 81.7 Å². The largest absolute Gasteiger partial charge is 0.486 e. The van der Waals surface area contributed by atoms with Crippen LogP contribution >= 0.6 is 34.7 Å². The van der Waals surface area contributed by atoms with Gasteiger partial charge in [-0.1, -0.05) is 29.4 Å².